The van der Waals surface area contributed by atoms with Gasteiger partial charge in [0.15, 0.2) is 0 Å². The minimum absolute atomic E-state index is 0.352. The Balaban J connectivity index is 2.17. The molecule has 0 aromatic heterocycles. The Morgan fingerprint density at radius 1 is 1.00 bits per heavy atom. The second-order valence-electron chi connectivity index (χ2n) is 5.21. The molecule has 2 nitrogen and oxygen atoms in total. The van der Waals surface area contributed by atoms with E-state index in [1.165, 1.54) is 11.1 Å². The lowest BCUT2D eigenvalue weighted by Crippen LogP contribution is -1.99. The van der Waals surface area contributed by atoms with E-state index in [2.05, 4.69) is 43.9 Å². The molecule has 0 radical (unpaired) electrons. The van der Waals surface area contributed by atoms with E-state index < -0.39 is 0 Å². The van der Waals surface area contributed by atoms with Crippen molar-refractivity contribution in [2.75, 3.05) is 6.54 Å². The molecule has 0 atom stereocenters. The van der Waals surface area contributed by atoms with Crippen LogP contribution in [0.15, 0.2) is 36.4 Å². The first-order valence-electron chi connectivity index (χ1n) is 7.08. The molecule has 0 saturated carbocycles. The summed E-state index contributed by atoms with van der Waals surface area (Å²) in [6.45, 7) is 7.16. The van der Waals surface area contributed by atoms with E-state index in [0.717, 1.165) is 22.4 Å². The molecule has 0 fully saturated rings. The zero-order chi connectivity index (χ0) is 15.2. The van der Waals surface area contributed by atoms with Gasteiger partial charge in [0.25, 0.3) is 0 Å². The molecule has 0 amide bonds. The number of aryl methyl sites for hydroxylation is 3. The number of ether oxygens (including phenoxy) is 1. The molecule has 2 rings (SSSR count). The number of rotatable bonds is 3. The molecule has 0 saturated heterocycles. The minimum atomic E-state index is 0.352. The highest BCUT2D eigenvalue weighted by atomic mass is 16.5. The van der Waals surface area contributed by atoms with Crippen LogP contribution in [0.2, 0.25) is 0 Å². The molecule has 108 valence electrons. The molecule has 0 unspecified atom stereocenters. The first-order chi connectivity index (χ1) is 10.1. The van der Waals surface area contributed by atoms with E-state index >= 15 is 0 Å². The third kappa shape index (κ3) is 4.11. The summed E-state index contributed by atoms with van der Waals surface area (Å²) in [6.07, 6.45) is 0. The maximum absolute atomic E-state index is 5.93. The molecule has 0 bridgehead atoms. The zero-order valence-electron chi connectivity index (χ0n) is 12.9. The highest BCUT2D eigenvalue weighted by Gasteiger charge is 2.03. The first kappa shape index (κ1) is 15.2. The van der Waals surface area contributed by atoms with Gasteiger partial charge < -0.3 is 10.5 Å². The van der Waals surface area contributed by atoms with Crippen LogP contribution < -0.4 is 10.5 Å². The summed E-state index contributed by atoms with van der Waals surface area (Å²) < 4.78 is 5.93. The van der Waals surface area contributed by atoms with Crippen molar-refractivity contribution in [3.63, 3.8) is 0 Å². The Labute approximate surface area is 126 Å². The number of hydrogen-bond acceptors (Lipinski definition) is 2. The number of nitrogens with two attached hydrogens (primary N) is 1. The minimum Gasteiger partial charge on any atom is -0.488 e. The Bertz CT molecular complexity index is 692. The molecule has 0 aliphatic heterocycles. The van der Waals surface area contributed by atoms with Crippen LogP contribution in [-0.2, 0) is 6.61 Å². The second kappa shape index (κ2) is 6.97. The van der Waals surface area contributed by atoms with Crippen molar-refractivity contribution in [1.29, 1.82) is 0 Å². The summed E-state index contributed by atoms with van der Waals surface area (Å²) in [6, 6.07) is 12.4. The maximum atomic E-state index is 5.93. The van der Waals surface area contributed by atoms with Crippen molar-refractivity contribution in [3.05, 3.63) is 64.2 Å². The molecule has 2 heteroatoms. The van der Waals surface area contributed by atoms with Gasteiger partial charge in [-0.25, -0.2) is 0 Å². The normalized spacial score (nSPS) is 9.90. The van der Waals surface area contributed by atoms with Crippen LogP contribution in [0.4, 0.5) is 0 Å². The van der Waals surface area contributed by atoms with E-state index in [9.17, 15) is 0 Å². The highest BCUT2D eigenvalue weighted by Crippen LogP contribution is 2.21. The van der Waals surface area contributed by atoms with Gasteiger partial charge in [-0.1, -0.05) is 36.1 Å². The fourth-order valence-corrected chi connectivity index (χ4v) is 2.07. The van der Waals surface area contributed by atoms with Gasteiger partial charge >= 0.3 is 0 Å². The Morgan fingerprint density at radius 2 is 1.81 bits per heavy atom. The SMILES string of the molecule is Cc1ccc(OCc2ccc(C)c(C)c2)c(C#CCN)c1. The average molecular weight is 279 g/mol. The fourth-order valence-electron chi connectivity index (χ4n) is 2.07. The van der Waals surface area contributed by atoms with E-state index in [-0.39, 0.29) is 0 Å². The Hall–Kier alpha value is -2.24. The van der Waals surface area contributed by atoms with Crippen LogP contribution in [0, 0.1) is 32.6 Å². The van der Waals surface area contributed by atoms with E-state index in [1.807, 2.05) is 25.1 Å². The van der Waals surface area contributed by atoms with Crippen LogP contribution in [0.1, 0.15) is 27.8 Å². The van der Waals surface area contributed by atoms with Gasteiger partial charge in [0.2, 0.25) is 0 Å². The third-order valence-electron chi connectivity index (χ3n) is 3.43. The van der Waals surface area contributed by atoms with Crippen LogP contribution in [0.5, 0.6) is 5.75 Å². The summed E-state index contributed by atoms with van der Waals surface area (Å²) in [5.74, 6) is 6.76. The van der Waals surface area contributed by atoms with Crippen LogP contribution in [0.3, 0.4) is 0 Å². The summed E-state index contributed by atoms with van der Waals surface area (Å²) in [7, 11) is 0. The standard InChI is InChI=1S/C19H21NO/c1-14-6-9-19(18(11-14)5-4-10-20)21-13-17-8-7-15(2)16(3)12-17/h6-9,11-12H,10,13,20H2,1-3H3. The van der Waals surface area contributed by atoms with Crippen molar-refractivity contribution in [2.24, 2.45) is 5.73 Å². The van der Waals surface area contributed by atoms with Gasteiger partial charge in [-0.2, -0.15) is 0 Å². The van der Waals surface area contributed by atoms with E-state index in [1.54, 1.807) is 0 Å². The molecule has 2 aromatic carbocycles. The molecular weight excluding hydrogens is 258 g/mol. The topological polar surface area (TPSA) is 35.2 Å². The first-order valence-corrected chi connectivity index (χ1v) is 7.08. The average Bonchev–Trinajstić information content (AvgIpc) is 2.47. The van der Waals surface area contributed by atoms with E-state index in [0.29, 0.717) is 13.2 Å². The van der Waals surface area contributed by atoms with Crippen molar-refractivity contribution in [3.8, 4) is 17.6 Å². The smallest absolute Gasteiger partial charge is 0.135 e. The lowest BCUT2D eigenvalue weighted by Gasteiger charge is -2.10. The van der Waals surface area contributed by atoms with Gasteiger partial charge in [-0.3, -0.25) is 0 Å². The summed E-state index contributed by atoms with van der Waals surface area (Å²) >= 11 is 0. The lowest BCUT2D eigenvalue weighted by atomic mass is 10.1. The van der Waals surface area contributed by atoms with Crippen molar-refractivity contribution in [1.82, 2.24) is 0 Å². The summed E-state index contributed by atoms with van der Waals surface area (Å²) in [4.78, 5) is 0. The molecule has 2 aromatic rings. The fraction of sp³-hybridized carbons (Fsp3) is 0.263. The predicted molar refractivity (Wildman–Crippen MR) is 87.4 cm³/mol. The number of hydrogen-bond donors (Lipinski definition) is 1. The van der Waals surface area contributed by atoms with Gasteiger partial charge in [0, 0.05) is 0 Å². The van der Waals surface area contributed by atoms with Crippen molar-refractivity contribution in [2.45, 2.75) is 27.4 Å². The second-order valence-corrected chi connectivity index (χ2v) is 5.21. The molecule has 0 heterocycles. The third-order valence-corrected chi connectivity index (χ3v) is 3.43. The van der Waals surface area contributed by atoms with Crippen molar-refractivity contribution >= 4 is 0 Å². The lowest BCUT2D eigenvalue weighted by molar-refractivity contribution is 0.305. The van der Waals surface area contributed by atoms with Crippen LogP contribution in [0.25, 0.3) is 0 Å². The molecular formula is C19H21NO. The molecule has 21 heavy (non-hydrogen) atoms. The maximum Gasteiger partial charge on any atom is 0.135 e. The molecule has 0 aliphatic carbocycles. The highest BCUT2D eigenvalue weighted by molar-refractivity contribution is 5.48. The van der Waals surface area contributed by atoms with Gasteiger partial charge in [0.05, 0.1) is 12.1 Å². The predicted octanol–water partition coefficient (Wildman–Crippen LogP) is 3.50. The van der Waals surface area contributed by atoms with Gasteiger partial charge in [-0.05, 0) is 55.2 Å². The van der Waals surface area contributed by atoms with Crippen LogP contribution in [-0.4, -0.2) is 6.54 Å². The largest absolute Gasteiger partial charge is 0.488 e. The molecule has 0 spiro atoms. The zero-order valence-corrected chi connectivity index (χ0v) is 12.9. The quantitative estimate of drug-likeness (QED) is 0.873. The summed E-state index contributed by atoms with van der Waals surface area (Å²) in [5.41, 5.74) is 11.2. The Kier molecular flexibility index (Phi) is 5.03. The van der Waals surface area contributed by atoms with Gasteiger partial charge in [0.1, 0.15) is 12.4 Å². The van der Waals surface area contributed by atoms with Crippen LogP contribution >= 0.6 is 0 Å². The Morgan fingerprint density at radius 3 is 2.52 bits per heavy atom. The molecule has 2 N–H and O–H groups in total. The van der Waals surface area contributed by atoms with Crippen molar-refractivity contribution < 1.29 is 4.74 Å². The number of benzene rings is 2. The van der Waals surface area contributed by atoms with E-state index in [4.69, 9.17) is 10.5 Å². The summed E-state index contributed by atoms with van der Waals surface area (Å²) in [5, 5.41) is 0. The molecule has 0 aliphatic rings. The van der Waals surface area contributed by atoms with Gasteiger partial charge in [-0.15, -0.1) is 0 Å². The monoisotopic (exact) mass is 279 g/mol.